The van der Waals surface area contributed by atoms with E-state index in [1.54, 1.807) is 28.0 Å². The summed E-state index contributed by atoms with van der Waals surface area (Å²) in [5.74, 6) is 0.695. The second kappa shape index (κ2) is 7.70. The molecule has 21 heavy (non-hydrogen) atoms. The number of thioether (sulfide) groups is 1. The van der Waals surface area contributed by atoms with Crippen LogP contribution < -0.4 is 5.32 Å². The summed E-state index contributed by atoms with van der Waals surface area (Å²) in [6.45, 7) is 2.64. The van der Waals surface area contributed by atoms with E-state index < -0.39 is 5.97 Å². The highest BCUT2D eigenvalue weighted by atomic mass is 32.2. The van der Waals surface area contributed by atoms with Crippen LogP contribution in [0.4, 0.5) is 4.79 Å². The second-order valence-electron chi connectivity index (χ2n) is 4.95. The van der Waals surface area contributed by atoms with E-state index in [9.17, 15) is 9.59 Å². The van der Waals surface area contributed by atoms with E-state index in [-0.39, 0.29) is 24.5 Å². The molecule has 1 aliphatic heterocycles. The lowest BCUT2D eigenvalue weighted by atomic mass is 10.2. The molecule has 7 heteroatoms. The lowest BCUT2D eigenvalue weighted by Crippen LogP contribution is -2.51. The van der Waals surface area contributed by atoms with Gasteiger partial charge in [0.15, 0.2) is 0 Å². The van der Waals surface area contributed by atoms with Crippen LogP contribution in [0, 0.1) is 0 Å². The van der Waals surface area contributed by atoms with Gasteiger partial charge in [0.2, 0.25) is 0 Å². The van der Waals surface area contributed by atoms with E-state index in [1.807, 2.05) is 24.4 Å². The molecule has 116 valence electrons. The summed E-state index contributed by atoms with van der Waals surface area (Å²) in [4.78, 5) is 26.2. The molecule has 1 aromatic heterocycles. The van der Waals surface area contributed by atoms with Crippen molar-refractivity contribution in [3.63, 3.8) is 0 Å². The van der Waals surface area contributed by atoms with Crippen LogP contribution in [0.1, 0.15) is 30.7 Å². The topological polar surface area (TPSA) is 69.6 Å². The average molecular weight is 328 g/mol. The third kappa shape index (κ3) is 4.38. The average Bonchev–Trinajstić information content (AvgIpc) is 2.98. The first-order valence-electron chi connectivity index (χ1n) is 7.02. The van der Waals surface area contributed by atoms with Crippen molar-refractivity contribution in [2.45, 2.75) is 31.8 Å². The van der Waals surface area contributed by atoms with Crippen molar-refractivity contribution >= 4 is 35.1 Å². The van der Waals surface area contributed by atoms with Gasteiger partial charge in [0.25, 0.3) is 0 Å². The Bertz CT molecular complexity index is 479. The van der Waals surface area contributed by atoms with E-state index in [2.05, 4.69) is 5.32 Å². The number of thiophene rings is 1. The number of hydrogen-bond donors (Lipinski definition) is 2. The van der Waals surface area contributed by atoms with Gasteiger partial charge >= 0.3 is 12.0 Å². The van der Waals surface area contributed by atoms with Crippen LogP contribution in [0.15, 0.2) is 17.5 Å². The van der Waals surface area contributed by atoms with Crippen LogP contribution in [-0.4, -0.2) is 46.1 Å². The van der Waals surface area contributed by atoms with E-state index >= 15 is 0 Å². The number of rotatable bonds is 5. The molecule has 2 atom stereocenters. The number of nitrogens with one attached hydrogen (secondary N) is 1. The highest BCUT2D eigenvalue weighted by Gasteiger charge is 2.30. The van der Waals surface area contributed by atoms with Gasteiger partial charge in [0.1, 0.15) is 0 Å². The number of carbonyl (C=O) groups excluding carboxylic acids is 1. The van der Waals surface area contributed by atoms with Crippen molar-refractivity contribution in [2.24, 2.45) is 0 Å². The van der Waals surface area contributed by atoms with E-state index in [0.717, 1.165) is 17.1 Å². The maximum atomic E-state index is 12.5. The summed E-state index contributed by atoms with van der Waals surface area (Å²) in [6.07, 6.45) is 0.828. The number of aliphatic carboxylic acids is 1. The summed E-state index contributed by atoms with van der Waals surface area (Å²) in [6, 6.07) is 3.61. The maximum absolute atomic E-state index is 12.5. The molecule has 2 rings (SSSR count). The molecule has 1 fully saturated rings. The number of urea groups is 1. The Morgan fingerprint density at radius 1 is 1.57 bits per heavy atom. The summed E-state index contributed by atoms with van der Waals surface area (Å²) in [5, 5.41) is 14.0. The molecule has 0 aromatic carbocycles. The fourth-order valence-corrected chi connectivity index (χ4v) is 4.31. The van der Waals surface area contributed by atoms with Gasteiger partial charge < -0.3 is 15.3 Å². The van der Waals surface area contributed by atoms with Gasteiger partial charge in [-0.15, -0.1) is 11.3 Å². The van der Waals surface area contributed by atoms with Gasteiger partial charge in [-0.2, -0.15) is 11.8 Å². The molecule has 1 saturated heterocycles. The molecule has 5 nitrogen and oxygen atoms in total. The van der Waals surface area contributed by atoms with Crippen molar-refractivity contribution in [2.75, 3.05) is 18.1 Å². The molecule has 1 aromatic rings. The summed E-state index contributed by atoms with van der Waals surface area (Å²) in [7, 11) is 0. The van der Waals surface area contributed by atoms with Gasteiger partial charge in [0, 0.05) is 22.9 Å². The first-order valence-corrected chi connectivity index (χ1v) is 9.05. The molecule has 2 N–H and O–H groups in total. The van der Waals surface area contributed by atoms with Gasteiger partial charge in [-0.05, 0) is 17.9 Å². The molecule has 2 heterocycles. The summed E-state index contributed by atoms with van der Waals surface area (Å²) >= 11 is 3.33. The summed E-state index contributed by atoms with van der Waals surface area (Å²) in [5.41, 5.74) is 0. The van der Waals surface area contributed by atoms with Gasteiger partial charge in [-0.3, -0.25) is 4.79 Å². The third-order valence-corrected chi connectivity index (χ3v) is 5.57. The lowest BCUT2D eigenvalue weighted by molar-refractivity contribution is -0.138. The maximum Gasteiger partial charge on any atom is 0.318 e. The Morgan fingerprint density at radius 3 is 3.00 bits per heavy atom. The number of hydrogen-bond acceptors (Lipinski definition) is 4. The fourth-order valence-electron chi connectivity index (χ4n) is 2.39. The SMILES string of the molecule is CCC(NC(=O)N1CCSCC1CC(=O)O)c1cccs1. The number of carboxylic acid groups (broad SMARTS) is 1. The fraction of sp³-hybridized carbons (Fsp3) is 0.571. The highest BCUT2D eigenvalue weighted by molar-refractivity contribution is 7.99. The normalized spacial score (nSPS) is 20.0. The zero-order valence-corrected chi connectivity index (χ0v) is 13.6. The third-order valence-electron chi connectivity index (χ3n) is 3.49. The van der Waals surface area contributed by atoms with Crippen LogP contribution >= 0.6 is 23.1 Å². The minimum Gasteiger partial charge on any atom is -0.481 e. The molecular formula is C14H20N2O3S2. The molecule has 0 saturated carbocycles. The Hall–Kier alpha value is -1.21. The summed E-state index contributed by atoms with van der Waals surface area (Å²) < 4.78 is 0. The number of nitrogens with zero attached hydrogens (tertiary/aromatic N) is 1. The van der Waals surface area contributed by atoms with E-state index in [0.29, 0.717) is 12.3 Å². The second-order valence-corrected chi connectivity index (χ2v) is 7.07. The smallest absolute Gasteiger partial charge is 0.318 e. The van der Waals surface area contributed by atoms with Crippen LogP contribution in [0.25, 0.3) is 0 Å². The van der Waals surface area contributed by atoms with Crippen LogP contribution in [0.2, 0.25) is 0 Å². The molecule has 1 aliphatic rings. The quantitative estimate of drug-likeness (QED) is 0.872. The lowest BCUT2D eigenvalue weighted by Gasteiger charge is -2.35. The Morgan fingerprint density at radius 2 is 2.38 bits per heavy atom. The van der Waals surface area contributed by atoms with Crippen LogP contribution in [0.5, 0.6) is 0 Å². The largest absolute Gasteiger partial charge is 0.481 e. The van der Waals surface area contributed by atoms with Crippen molar-refractivity contribution < 1.29 is 14.7 Å². The zero-order chi connectivity index (χ0) is 15.2. The molecule has 0 radical (unpaired) electrons. The zero-order valence-electron chi connectivity index (χ0n) is 11.9. The predicted octanol–water partition coefficient (Wildman–Crippen LogP) is 2.80. The van der Waals surface area contributed by atoms with Gasteiger partial charge in [-0.1, -0.05) is 13.0 Å². The Balaban J connectivity index is 2.01. The molecule has 2 unspecified atom stereocenters. The van der Waals surface area contributed by atoms with Crippen molar-refractivity contribution in [1.29, 1.82) is 0 Å². The number of carbonyl (C=O) groups is 2. The molecule has 2 amide bonds. The highest BCUT2D eigenvalue weighted by Crippen LogP contribution is 2.24. The molecule has 0 spiro atoms. The Labute approximate surface area is 132 Å². The van der Waals surface area contributed by atoms with E-state index in [4.69, 9.17) is 5.11 Å². The van der Waals surface area contributed by atoms with Gasteiger partial charge in [0.05, 0.1) is 18.5 Å². The first-order chi connectivity index (χ1) is 10.1. The molecule has 0 aliphatic carbocycles. The van der Waals surface area contributed by atoms with Crippen molar-refractivity contribution in [3.05, 3.63) is 22.4 Å². The molecular weight excluding hydrogens is 308 g/mol. The first kappa shape index (κ1) is 16.2. The minimum atomic E-state index is -0.856. The van der Waals surface area contributed by atoms with Crippen molar-refractivity contribution in [3.8, 4) is 0 Å². The van der Waals surface area contributed by atoms with Crippen molar-refractivity contribution in [1.82, 2.24) is 10.2 Å². The van der Waals surface area contributed by atoms with Gasteiger partial charge in [-0.25, -0.2) is 4.79 Å². The Kier molecular flexibility index (Phi) is 5.93. The number of amides is 2. The predicted molar refractivity (Wildman–Crippen MR) is 86.0 cm³/mol. The van der Waals surface area contributed by atoms with Crippen LogP contribution in [-0.2, 0) is 4.79 Å². The number of carboxylic acids is 1. The standard InChI is InChI=1S/C14H20N2O3S2/c1-2-11(12-4-3-6-21-12)15-14(19)16-5-7-20-9-10(16)8-13(17)18/h3-4,6,10-11H,2,5,7-9H2,1H3,(H,15,19)(H,17,18). The minimum absolute atomic E-state index is 0.00226. The van der Waals surface area contributed by atoms with Crippen LogP contribution in [0.3, 0.4) is 0 Å². The van der Waals surface area contributed by atoms with E-state index in [1.165, 1.54) is 0 Å². The monoisotopic (exact) mass is 328 g/mol. The molecule has 0 bridgehead atoms.